The number of ether oxygens (including phenoxy) is 1. The highest BCUT2D eigenvalue weighted by Gasteiger charge is 2.33. The maximum absolute atomic E-state index is 13.0. The van der Waals surface area contributed by atoms with Crippen LogP contribution in [0.5, 0.6) is 5.75 Å². The number of benzene rings is 2. The summed E-state index contributed by atoms with van der Waals surface area (Å²) in [5.74, 6) is -0.825. The van der Waals surface area contributed by atoms with Crippen LogP contribution in [0.2, 0.25) is 5.02 Å². The number of carbonyl (C=O) groups excluding carboxylic acids is 2. The first-order valence-corrected chi connectivity index (χ1v) is 8.54. The van der Waals surface area contributed by atoms with Gasteiger partial charge in [0.15, 0.2) is 6.61 Å². The Morgan fingerprint density at radius 3 is 2.50 bits per heavy atom. The molecule has 2 rings (SSSR count). The normalized spacial score (nSPS) is 11.1. The molecule has 0 aliphatic rings. The number of nitrogens with one attached hydrogen (secondary N) is 1. The molecular weight excluding hydrogens is 397 g/mol. The van der Waals surface area contributed by atoms with E-state index in [2.05, 4.69) is 5.32 Å². The number of anilines is 1. The van der Waals surface area contributed by atoms with Crippen molar-refractivity contribution in [3.8, 4) is 5.75 Å². The summed E-state index contributed by atoms with van der Waals surface area (Å²) in [4.78, 5) is 25.2. The van der Waals surface area contributed by atoms with Crippen LogP contribution in [0.15, 0.2) is 42.5 Å². The summed E-state index contributed by atoms with van der Waals surface area (Å²) in [5, 5.41) is 2.74. The first-order valence-electron chi connectivity index (χ1n) is 8.17. The topological polar surface area (TPSA) is 58.6 Å². The quantitative estimate of drug-likeness (QED) is 0.772. The van der Waals surface area contributed by atoms with Crippen LogP contribution in [0.3, 0.4) is 0 Å². The van der Waals surface area contributed by atoms with Crippen molar-refractivity contribution in [2.75, 3.05) is 25.5 Å². The lowest BCUT2D eigenvalue weighted by molar-refractivity contribution is -0.137. The summed E-state index contributed by atoms with van der Waals surface area (Å²) in [6, 6.07) is 9.51. The van der Waals surface area contributed by atoms with Crippen LogP contribution in [0.25, 0.3) is 0 Å². The van der Waals surface area contributed by atoms with Gasteiger partial charge in [0, 0.05) is 12.1 Å². The second-order valence-corrected chi connectivity index (χ2v) is 6.45. The van der Waals surface area contributed by atoms with E-state index in [0.29, 0.717) is 10.8 Å². The lowest BCUT2D eigenvalue weighted by Gasteiger charge is -2.18. The van der Waals surface area contributed by atoms with Crippen LogP contribution in [-0.2, 0) is 15.8 Å². The average molecular weight is 415 g/mol. The van der Waals surface area contributed by atoms with E-state index in [1.165, 1.54) is 19.2 Å². The molecule has 0 aliphatic carbocycles. The second kappa shape index (κ2) is 8.97. The first-order chi connectivity index (χ1) is 13.1. The van der Waals surface area contributed by atoms with Crippen molar-refractivity contribution in [2.24, 2.45) is 0 Å². The van der Waals surface area contributed by atoms with Crippen molar-refractivity contribution < 1.29 is 27.5 Å². The molecule has 1 N–H and O–H groups in total. The molecule has 0 unspecified atom stereocenters. The zero-order valence-corrected chi connectivity index (χ0v) is 15.9. The first kappa shape index (κ1) is 21.6. The molecule has 9 heteroatoms. The SMILES string of the molecule is Cc1cc(OCC(=O)N(C)CC(=O)Nc2ccccc2C(F)(F)F)ccc1Cl. The number of para-hydroxylation sites is 1. The third kappa shape index (κ3) is 5.88. The van der Waals surface area contributed by atoms with E-state index < -0.39 is 30.1 Å². The monoisotopic (exact) mass is 414 g/mol. The third-order valence-electron chi connectivity index (χ3n) is 3.80. The predicted molar refractivity (Wildman–Crippen MR) is 99.4 cm³/mol. The molecule has 2 aromatic rings. The molecule has 150 valence electrons. The summed E-state index contributed by atoms with van der Waals surface area (Å²) in [6.07, 6.45) is -4.60. The van der Waals surface area contributed by atoms with Crippen molar-refractivity contribution in [3.05, 3.63) is 58.6 Å². The molecule has 0 fully saturated rings. The van der Waals surface area contributed by atoms with Gasteiger partial charge >= 0.3 is 6.18 Å². The fourth-order valence-electron chi connectivity index (χ4n) is 2.29. The molecule has 0 saturated carbocycles. The minimum Gasteiger partial charge on any atom is -0.484 e. The van der Waals surface area contributed by atoms with Crippen LogP contribution in [0, 0.1) is 6.92 Å². The van der Waals surface area contributed by atoms with E-state index in [4.69, 9.17) is 16.3 Å². The number of aryl methyl sites for hydroxylation is 1. The molecule has 28 heavy (non-hydrogen) atoms. The maximum Gasteiger partial charge on any atom is 0.418 e. The number of hydrogen-bond acceptors (Lipinski definition) is 3. The van der Waals surface area contributed by atoms with E-state index in [0.717, 1.165) is 22.6 Å². The number of likely N-dealkylation sites (N-methyl/N-ethyl adjacent to an activating group) is 1. The van der Waals surface area contributed by atoms with Gasteiger partial charge in [0.1, 0.15) is 5.75 Å². The van der Waals surface area contributed by atoms with Crippen molar-refractivity contribution >= 4 is 29.1 Å². The molecule has 0 heterocycles. The van der Waals surface area contributed by atoms with Gasteiger partial charge < -0.3 is 15.0 Å². The van der Waals surface area contributed by atoms with Crippen LogP contribution in [0.4, 0.5) is 18.9 Å². The van der Waals surface area contributed by atoms with Gasteiger partial charge in [0.25, 0.3) is 5.91 Å². The largest absolute Gasteiger partial charge is 0.484 e. The molecule has 0 atom stereocenters. The lowest BCUT2D eigenvalue weighted by atomic mass is 10.1. The Bertz CT molecular complexity index is 872. The Kier molecular flexibility index (Phi) is 6.90. The van der Waals surface area contributed by atoms with Crippen LogP contribution in [-0.4, -0.2) is 36.9 Å². The number of halogens is 4. The van der Waals surface area contributed by atoms with Crippen molar-refractivity contribution in [3.63, 3.8) is 0 Å². The number of nitrogens with zero attached hydrogens (tertiary/aromatic N) is 1. The van der Waals surface area contributed by atoms with Crippen molar-refractivity contribution in [1.82, 2.24) is 4.90 Å². The summed E-state index contributed by atoms with van der Waals surface area (Å²) >= 11 is 5.91. The molecule has 0 spiro atoms. The molecule has 0 aromatic heterocycles. The van der Waals surface area contributed by atoms with Gasteiger partial charge in [-0.05, 0) is 42.8 Å². The molecule has 5 nitrogen and oxygen atoms in total. The van der Waals surface area contributed by atoms with Crippen molar-refractivity contribution in [1.29, 1.82) is 0 Å². The van der Waals surface area contributed by atoms with Crippen molar-refractivity contribution in [2.45, 2.75) is 13.1 Å². The highest BCUT2D eigenvalue weighted by atomic mass is 35.5. The molecule has 0 saturated heterocycles. The minimum absolute atomic E-state index is 0.329. The Labute approximate surface area is 165 Å². The molecule has 0 aliphatic heterocycles. The third-order valence-corrected chi connectivity index (χ3v) is 4.23. The zero-order chi connectivity index (χ0) is 20.9. The smallest absolute Gasteiger partial charge is 0.418 e. The minimum atomic E-state index is -4.60. The predicted octanol–water partition coefficient (Wildman–Crippen LogP) is 4.14. The molecule has 2 amide bonds. The molecule has 0 radical (unpaired) electrons. The van der Waals surface area contributed by atoms with Gasteiger partial charge in [-0.1, -0.05) is 23.7 Å². The zero-order valence-electron chi connectivity index (χ0n) is 15.1. The summed E-state index contributed by atoms with van der Waals surface area (Å²) in [5.41, 5.74) is -0.546. The summed E-state index contributed by atoms with van der Waals surface area (Å²) < 4.78 is 44.2. The van der Waals surface area contributed by atoms with Gasteiger partial charge in [-0.15, -0.1) is 0 Å². The molecule has 2 aromatic carbocycles. The molecule has 0 bridgehead atoms. The van der Waals surface area contributed by atoms with Gasteiger partial charge in [0.05, 0.1) is 17.8 Å². The second-order valence-electron chi connectivity index (χ2n) is 6.04. The Hall–Kier alpha value is -2.74. The van der Waals surface area contributed by atoms with E-state index >= 15 is 0 Å². The highest BCUT2D eigenvalue weighted by Crippen LogP contribution is 2.34. The van der Waals surface area contributed by atoms with Crippen LogP contribution < -0.4 is 10.1 Å². The fraction of sp³-hybridized carbons (Fsp3) is 0.263. The number of amides is 2. The molecular formula is C19H18ClF3N2O3. The maximum atomic E-state index is 13.0. The van der Waals surface area contributed by atoms with E-state index in [1.54, 1.807) is 25.1 Å². The Morgan fingerprint density at radius 2 is 1.86 bits per heavy atom. The van der Waals surface area contributed by atoms with E-state index in [-0.39, 0.29) is 12.3 Å². The Balaban J connectivity index is 1.91. The highest BCUT2D eigenvalue weighted by molar-refractivity contribution is 6.31. The van der Waals surface area contributed by atoms with Gasteiger partial charge in [-0.2, -0.15) is 13.2 Å². The van der Waals surface area contributed by atoms with Gasteiger partial charge in [0.2, 0.25) is 5.91 Å². The van der Waals surface area contributed by atoms with E-state index in [9.17, 15) is 22.8 Å². The fourth-order valence-corrected chi connectivity index (χ4v) is 2.41. The number of rotatable bonds is 6. The lowest BCUT2D eigenvalue weighted by Crippen LogP contribution is -2.37. The average Bonchev–Trinajstić information content (AvgIpc) is 2.61. The summed E-state index contributed by atoms with van der Waals surface area (Å²) in [6.45, 7) is 1.03. The number of alkyl halides is 3. The standard InChI is InChI=1S/C19H18ClF3N2O3/c1-12-9-13(7-8-15(12)20)28-11-18(27)25(2)10-17(26)24-16-6-4-3-5-14(16)19(21,22)23/h3-9H,10-11H2,1-2H3,(H,24,26). The van der Waals surface area contributed by atoms with E-state index in [1.807, 2.05) is 0 Å². The van der Waals surface area contributed by atoms with Gasteiger partial charge in [-0.3, -0.25) is 9.59 Å². The number of hydrogen-bond donors (Lipinski definition) is 1. The van der Waals surface area contributed by atoms with Gasteiger partial charge in [-0.25, -0.2) is 0 Å². The van der Waals surface area contributed by atoms with Crippen LogP contribution >= 0.6 is 11.6 Å². The Morgan fingerprint density at radius 1 is 1.18 bits per heavy atom. The summed E-state index contributed by atoms with van der Waals surface area (Å²) in [7, 11) is 1.36. The van der Waals surface area contributed by atoms with Crippen LogP contribution in [0.1, 0.15) is 11.1 Å². The number of carbonyl (C=O) groups is 2.